The van der Waals surface area contributed by atoms with Gasteiger partial charge in [-0.2, -0.15) is 0 Å². The van der Waals surface area contributed by atoms with Gasteiger partial charge in [0, 0.05) is 24.7 Å². The number of ether oxygens (including phenoxy) is 1. The van der Waals surface area contributed by atoms with Gasteiger partial charge in [0.15, 0.2) is 0 Å². The predicted molar refractivity (Wildman–Crippen MR) is 193 cm³/mol. The van der Waals surface area contributed by atoms with Crippen LogP contribution in [-0.2, 0) is 27.4 Å². The molecule has 2 rings (SSSR count). The first-order chi connectivity index (χ1) is 22.8. The van der Waals surface area contributed by atoms with Gasteiger partial charge in [-0.3, -0.25) is 14.5 Å². The van der Waals surface area contributed by atoms with Crippen LogP contribution in [0.4, 0.5) is 9.59 Å². The van der Waals surface area contributed by atoms with Gasteiger partial charge in [-0.05, 0) is 78.4 Å². The van der Waals surface area contributed by atoms with Gasteiger partial charge in [0.2, 0.25) is 11.8 Å². The van der Waals surface area contributed by atoms with Crippen molar-refractivity contribution in [2.45, 2.75) is 111 Å². The predicted octanol–water partition coefficient (Wildman–Crippen LogP) is 5.22. The van der Waals surface area contributed by atoms with Crippen LogP contribution in [0, 0.1) is 5.92 Å². The van der Waals surface area contributed by atoms with Crippen LogP contribution in [0.2, 0.25) is 0 Å². The van der Waals surface area contributed by atoms with Crippen molar-refractivity contribution >= 4 is 23.9 Å². The molecule has 5 amide bonds. The number of aliphatic hydroxyl groups is 1. The number of hydrogen-bond acceptors (Lipinski definition) is 6. The Hall–Kier alpha value is -4.12. The molecular formula is C38H59N5O6. The Bertz CT molecular complexity index is 1340. The zero-order valence-corrected chi connectivity index (χ0v) is 31.2. The largest absolute Gasteiger partial charge is 0.445 e. The van der Waals surface area contributed by atoms with Crippen molar-refractivity contribution in [1.29, 1.82) is 0 Å². The number of nitrogens with zero attached hydrogens (tertiary/aromatic N) is 3. The fourth-order valence-corrected chi connectivity index (χ4v) is 5.01. The maximum Gasteiger partial charge on any atom is 0.410 e. The van der Waals surface area contributed by atoms with E-state index < -0.39 is 47.2 Å². The lowest BCUT2D eigenvalue weighted by molar-refractivity contribution is -0.144. The molecule has 0 spiro atoms. The highest BCUT2D eigenvalue weighted by Crippen LogP contribution is 2.18. The van der Waals surface area contributed by atoms with Gasteiger partial charge in [-0.1, -0.05) is 74.5 Å². The van der Waals surface area contributed by atoms with Gasteiger partial charge >= 0.3 is 12.1 Å². The number of aliphatic hydroxyl groups excluding tert-OH is 1. The van der Waals surface area contributed by atoms with Crippen molar-refractivity contribution in [3.8, 4) is 0 Å². The van der Waals surface area contributed by atoms with Crippen molar-refractivity contribution in [3.63, 3.8) is 0 Å². The van der Waals surface area contributed by atoms with Crippen molar-refractivity contribution in [3.05, 3.63) is 71.8 Å². The summed E-state index contributed by atoms with van der Waals surface area (Å²) in [5.41, 5.74) is 0.473. The molecule has 0 fully saturated rings. The fourth-order valence-electron chi connectivity index (χ4n) is 5.01. The van der Waals surface area contributed by atoms with Gasteiger partial charge in [0.25, 0.3) is 0 Å². The van der Waals surface area contributed by atoms with E-state index >= 15 is 0 Å². The number of carbonyl (C=O) groups is 4. The number of nitrogens with one attached hydrogen (secondary N) is 2. The van der Waals surface area contributed by atoms with Crippen LogP contribution < -0.4 is 10.6 Å². The Labute approximate surface area is 293 Å². The summed E-state index contributed by atoms with van der Waals surface area (Å²) in [6.45, 7) is 17.1. The molecule has 11 heteroatoms. The average molecular weight is 682 g/mol. The molecule has 272 valence electrons. The van der Waals surface area contributed by atoms with E-state index in [4.69, 9.17) is 4.74 Å². The molecule has 0 radical (unpaired) electrons. The van der Waals surface area contributed by atoms with Gasteiger partial charge in [-0.15, -0.1) is 0 Å². The van der Waals surface area contributed by atoms with Gasteiger partial charge in [-0.25, -0.2) is 9.59 Å². The molecule has 0 aliphatic rings. The highest BCUT2D eigenvalue weighted by Gasteiger charge is 2.36. The number of carbonyl (C=O) groups excluding carboxylic acids is 4. The third kappa shape index (κ3) is 14.5. The van der Waals surface area contributed by atoms with Crippen LogP contribution >= 0.6 is 0 Å². The molecule has 3 N–H and O–H groups in total. The molecule has 0 unspecified atom stereocenters. The van der Waals surface area contributed by atoms with Crippen LogP contribution in [-0.4, -0.2) is 99.7 Å². The average Bonchev–Trinajstić information content (AvgIpc) is 3.02. The maximum atomic E-state index is 13.8. The molecule has 2 aromatic carbocycles. The van der Waals surface area contributed by atoms with Crippen LogP contribution in [0.3, 0.4) is 0 Å². The normalized spacial score (nSPS) is 13.6. The van der Waals surface area contributed by atoms with Crippen LogP contribution in [0.15, 0.2) is 60.7 Å². The molecule has 3 atom stereocenters. The van der Waals surface area contributed by atoms with E-state index in [0.29, 0.717) is 18.9 Å². The minimum Gasteiger partial charge on any atom is -0.445 e. The first kappa shape index (κ1) is 41.1. The van der Waals surface area contributed by atoms with Crippen LogP contribution in [0.5, 0.6) is 0 Å². The minimum absolute atomic E-state index is 0.00124. The van der Waals surface area contributed by atoms with Crippen molar-refractivity contribution in [1.82, 2.24) is 25.3 Å². The lowest BCUT2D eigenvalue weighted by Crippen LogP contribution is -2.59. The quantitative estimate of drug-likeness (QED) is 0.237. The van der Waals surface area contributed by atoms with E-state index in [1.165, 1.54) is 16.8 Å². The highest BCUT2D eigenvalue weighted by molar-refractivity contribution is 5.90. The molecule has 0 bridgehead atoms. The van der Waals surface area contributed by atoms with E-state index in [2.05, 4.69) is 24.5 Å². The summed E-state index contributed by atoms with van der Waals surface area (Å²) in [4.78, 5) is 57.9. The van der Waals surface area contributed by atoms with E-state index in [1.807, 2.05) is 102 Å². The Kier molecular flexibility index (Phi) is 15.6. The maximum absolute atomic E-state index is 13.8. The molecular weight excluding hydrogens is 622 g/mol. The van der Waals surface area contributed by atoms with Crippen molar-refractivity contribution < 1.29 is 29.0 Å². The third-order valence-corrected chi connectivity index (χ3v) is 8.07. The number of benzene rings is 2. The Balaban J connectivity index is 2.23. The number of hydrogen-bond donors (Lipinski definition) is 3. The zero-order valence-electron chi connectivity index (χ0n) is 31.2. The molecule has 0 heterocycles. The first-order valence-corrected chi connectivity index (χ1v) is 17.1. The zero-order chi connectivity index (χ0) is 36.9. The summed E-state index contributed by atoms with van der Waals surface area (Å²) in [6.07, 6.45) is -0.714. The summed E-state index contributed by atoms with van der Waals surface area (Å²) in [5, 5.41) is 17.5. The van der Waals surface area contributed by atoms with Gasteiger partial charge < -0.3 is 30.3 Å². The number of rotatable bonds is 15. The van der Waals surface area contributed by atoms with E-state index in [-0.39, 0.29) is 25.7 Å². The number of likely N-dealkylation sites (N-methyl/N-ethyl adjacent to an activating group) is 1. The Morgan fingerprint density at radius 2 is 1.41 bits per heavy atom. The molecule has 2 aromatic rings. The van der Waals surface area contributed by atoms with Gasteiger partial charge in [0.05, 0.1) is 18.7 Å². The summed E-state index contributed by atoms with van der Waals surface area (Å²) < 4.78 is 5.43. The summed E-state index contributed by atoms with van der Waals surface area (Å²) >= 11 is 0. The minimum atomic E-state index is -1.11. The highest BCUT2D eigenvalue weighted by atomic mass is 16.6. The smallest absolute Gasteiger partial charge is 0.410 e. The topological polar surface area (TPSA) is 132 Å². The van der Waals surface area contributed by atoms with E-state index in [9.17, 15) is 24.3 Å². The molecule has 0 saturated carbocycles. The summed E-state index contributed by atoms with van der Waals surface area (Å²) in [7, 11) is 1.49. The van der Waals surface area contributed by atoms with Crippen LogP contribution in [0.25, 0.3) is 0 Å². The van der Waals surface area contributed by atoms with Gasteiger partial charge in [0.1, 0.15) is 19.2 Å². The Morgan fingerprint density at radius 1 is 0.857 bits per heavy atom. The lowest BCUT2D eigenvalue weighted by atomic mass is 10.00. The van der Waals surface area contributed by atoms with Crippen molar-refractivity contribution in [2.75, 3.05) is 26.7 Å². The number of amides is 5. The molecule has 49 heavy (non-hydrogen) atoms. The number of urea groups is 1. The van der Waals surface area contributed by atoms with Crippen molar-refractivity contribution in [2.24, 2.45) is 5.92 Å². The lowest BCUT2D eigenvalue weighted by Gasteiger charge is -2.39. The summed E-state index contributed by atoms with van der Waals surface area (Å²) in [6, 6.07) is 16.8. The fraction of sp³-hybridized carbons (Fsp3) is 0.579. The summed E-state index contributed by atoms with van der Waals surface area (Å²) in [5.74, 6) is -0.562. The monoisotopic (exact) mass is 681 g/mol. The third-order valence-electron chi connectivity index (χ3n) is 8.07. The molecule has 0 aromatic heterocycles. The first-order valence-electron chi connectivity index (χ1n) is 17.1. The molecule has 0 saturated heterocycles. The second-order valence-electron chi connectivity index (χ2n) is 15.2. The SMILES string of the molecule is CC(C)CCN(C[C@@H](O)[C@H](Cc1ccccc1)NC(=O)CN(C(=O)[C@H](C)N(C)C(=O)OCc1ccccc1)C(C)(C)C)C(=O)NC(C)(C)C. The second kappa shape index (κ2) is 18.6. The molecule has 0 aliphatic carbocycles. The Morgan fingerprint density at radius 3 is 1.92 bits per heavy atom. The van der Waals surface area contributed by atoms with Crippen LogP contribution in [0.1, 0.15) is 79.9 Å². The second-order valence-corrected chi connectivity index (χ2v) is 15.2. The van der Waals surface area contributed by atoms with E-state index in [0.717, 1.165) is 17.5 Å². The standard InChI is InChI=1S/C38H59N5O6/c1-27(2)21-22-42(35(47)40-37(4,5)6)24-32(44)31(23-29-17-13-11-14-18-29)39-33(45)25-43(38(7,8)9)34(46)28(3)41(10)36(48)49-26-30-19-15-12-16-20-30/h11-20,27-28,31-32,44H,21-26H2,1-10H3,(H,39,45)(H,40,47)/t28-,31-,32+/m0/s1. The molecule has 11 nitrogen and oxygen atoms in total. The van der Waals surface area contributed by atoms with E-state index in [1.54, 1.807) is 11.8 Å². The molecule has 0 aliphatic heterocycles.